The van der Waals surface area contributed by atoms with E-state index in [1.54, 1.807) is 23.4 Å². The number of thiophene rings is 1. The van der Waals surface area contributed by atoms with Crippen LogP contribution >= 0.6 is 34.3 Å². The first-order valence-electron chi connectivity index (χ1n) is 11.7. The summed E-state index contributed by atoms with van der Waals surface area (Å²) in [5.74, 6) is -0.600. The minimum atomic E-state index is -3.71. The van der Waals surface area contributed by atoms with Gasteiger partial charge in [-0.3, -0.25) is 14.7 Å². The van der Waals surface area contributed by atoms with Crippen LogP contribution in [0.25, 0.3) is 10.2 Å². The molecule has 1 amide bonds. The van der Waals surface area contributed by atoms with E-state index in [9.17, 15) is 13.2 Å². The predicted octanol–water partition coefficient (Wildman–Crippen LogP) is 5.60. The second-order valence-corrected chi connectivity index (χ2v) is 13.6. The first-order chi connectivity index (χ1) is 17.3. The van der Waals surface area contributed by atoms with Crippen molar-refractivity contribution in [2.45, 2.75) is 36.9 Å². The van der Waals surface area contributed by atoms with Crippen LogP contribution in [0.15, 0.2) is 59.1 Å². The summed E-state index contributed by atoms with van der Waals surface area (Å²) in [6, 6.07) is 13.0. The number of fused-ring (bicyclic) bond motifs is 1. The highest BCUT2D eigenvalue weighted by Gasteiger charge is 2.36. The van der Waals surface area contributed by atoms with Crippen LogP contribution < -0.4 is 4.90 Å². The van der Waals surface area contributed by atoms with Gasteiger partial charge >= 0.3 is 0 Å². The Morgan fingerprint density at radius 1 is 1.19 bits per heavy atom. The number of piperidine rings is 1. The van der Waals surface area contributed by atoms with Crippen molar-refractivity contribution in [3.8, 4) is 0 Å². The molecule has 11 heteroatoms. The molecule has 1 atom stereocenters. The first kappa shape index (κ1) is 25.3. The van der Waals surface area contributed by atoms with Crippen molar-refractivity contribution in [2.24, 2.45) is 5.92 Å². The Bertz CT molecular complexity index is 1490. The average Bonchev–Trinajstić information content (AvgIpc) is 3.53. The molecule has 0 aliphatic carbocycles. The maximum atomic E-state index is 13.9. The Balaban J connectivity index is 1.45. The lowest BCUT2D eigenvalue weighted by Gasteiger charge is -2.33. The summed E-state index contributed by atoms with van der Waals surface area (Å²) in [5, 5.41) is 0.608. The number of rotatable bonds is 7. The molecule has 1 fully saturated rings. The molecule has 7 nitrogen and oxygen atoms in total. The largest absolute Gasteiger partial charge is 0.283 e. The van der Waals surface area contributed by atoms with Crippen molar-refractivity contribution < 1.29 is 13.2 Å². The second-order valence-electron chi connectivity index (χ2n) is 8.70. The number of sulfonamides is 1. The zero-order valence-corrected chi connectivity index (χ0v) is 22.8. The number of anilines is 1. The van der Waals surface area contributed by atoms with Crippen LogP contribution in [0.1, 0.15) is 30.9 Å². The van der Waals surface area contributed by atoms with Gasteiger partial charge in [0.15, 0.2) is 5.13 Å². The fourth-order valence-electron chi connectivity index (χ4n) is 4.35. The summed E-state index contributed by atoms with van der Waals surface area (Å²) in [5.41, 5.74) is 2.94. The van der Waals surface area contributed by atoms with E-state index in [1.807, 2.05) is 18.2 Å². The van der Waals surface area contributed by atoms with Gasteiger partial charge in [0.1, 0.15) is 4.21 Å². The van der Waals surface area contributed by atoms with E-state index in [0.29, 0.717) is 35.4 Å². The van der Waals surface area contributed by atoms with Gasteiger partial charge in [-0.1, -0.05) is 42.0 Å². The van der Waals surface area contributed by atoms with Crippen molar-refractivity contribution in [3.63, 3.8) is 0 Å². The topological polar surface area (TPSA) is 83.5 Å². The molecule has 3 aromatic heterocycles. The highest BCUT2D eigenvalue weighted by atomic mass is 35.5. The van der Waals surface area contributed by atoms with Gasteiger partial charge in [0, 0.05) is 25.5 Å². The molecule has 188 valence electrons. The van der Waals surface area contributed by atoms with E-state index < -0.39 is 15.9 Å². The molecule has 0 spiro atoms. The Labute approximate surface area is 223 Å². The van der Waals surface area contributed by atoms with Crippen LogP contribution in [0.4, 0.5) is 5.13 Å². The number of halogens is 1. The number of hydrogen-bond acceptors (Lipinski definition) is 7. The zero-order chi connectivity index (χ0) is 25.3. The van der Waals surface area contributed by atoms with Gasteiger partial charge in [0.2, 0.25) is 5.91 Å². The van der Waals surface area contributed by atoms with Crippen LogP contribution in [-0.4, -0.2) is 41.7 Å². The fourth-order valence-corrected chi connectivity index (χ4v) is 8.55. The van der Waals surface area contributed by atoms with Crippen molar-refractivity contribution >= 4 is 65.6 Å². The molecule has 1 aliphatic heterocycles. The van der Waals surface area contributed by atoms with E-state index in [0.717, 1.165) is 33.5 Å². The number of carbonyl (C=O) groups is 1. The molecule has 0 saturated carbocycles. The van der Waals surface area contributed by atoms with Crippen molar-refractivity contribution in [1.29, 1.82) is 0 Å². The van der Waals surface area contributed by atoms with Gasteiger partial charge in [-0.2, -0.15) is 4.31 Å². The van der Waals surface area contributed by atoms with Crippen molar-refractivity contribution in [1.82, 2.24) is 14.3 Å². The lowest BCUT2D eigenvalue weighted by molar-refractivity contribution is -0.123. The van der Waals surface area contributed by atoms with E-state index >= 15 is 0 Å². The maximum absolute atomic E-state index is 13.9. The molecular weight excluding hydrogens is 536 g/mol. The van der Waals surface area contributed by atoms with E-state index in [2.05, 4.69) is 24.0 Å². The van der Waals surface area contributed by atoms with E-state index in [1.165, 1.54) is 27.3 Å². The lowest BCUT2D eigenvalue weighted by atomic mass is 9.98. The number of amides is 1. The number of pyridine rings is 1. The number of benzene rings is 1. The summed E-state index contributed by atoms with van der Waals surface area (Å²) in [4.78, 5) is 24.6. The summed E-state index contributed by atoms with van der Waals surface area (Å²) < 4.78 is 29.5. The van der Waals surface area contributed by atoms with Crippen LogP contribution in [0, 0.1) is 5.92 Å². The Hall–Kier alpha value is -2.37. The monoisotopic (exact) mass is 560 g/mol. The van der Waals surface area contributed by atoms with Crippen molar-refractivity contribution in [3.05, 3.63) is 70.3 Å². The van der Waals surface area contributed by atoms with Gasteiger partial charge in [-0.05, 0) is 60.7 Å². The average molecular weight is 561 g/mol. The number of aryl methyl sites for hydroxylation is 1. The quantitative estimate of drug-likeness (QED) is 0.294. The van der Waals surface area contributed by atoms with Gasteiger partial charge < -0.3 is 0 Å². The Morgan fingerprint density at radius 2 is 2.06 bits per heavy atom. The Morgan fingerprint density at radius 3 is 2.78 bits per heavy atom. The van der Waals surface area contributed by atoms with Gasteiger partial charge in [-0.15, -0.1) is 11.3 Å². The summed E-state index contributed by atoms with van der Waals surface area (Å²) >= 11 is 8.50. The zero-order valence-electron chi connectivity index (χ0n) is 19.6. The molecule has 1 saturated heterocycles. The number of nitrogens with zero attached hydrogens (tertiary/aromatic N) is 4. The molecule has 1 unspecified atom stereocenters. The van der Waals surface area contributed by atoms with E-state index in [-0.39, 0.29) is 16.7 Å². The van der Waals surface area contributed by atoms with Crippen molar-refractivity contribution in [2.75, 3.05) is 18.0 Å². The normalized spacial score (nSPS) is 16.9. The molecule has 0 bridgehead atoms. The third kappa shape index (κ3) is 5.19. The van der Waals surface area contributed by atoms with Gasteiger partial charge in [0.05, 0.1) is 27.0 Å². The Kier molecular flexibility index (Phi) is 7.41. The molecule has 4 heterocycles. The maximum Gasteiger partial charge on any atom is 0.252 e. The van der Waals surface area contributed by atoms with Crippen LogP contribution in [0.5, 0.6) is 0 Å². The predicted molar refractivity (Wildman–Crippen MR) is 145 cm³/mol. The van der Waals surface area contributed by atoms with Gasteiger partial charge in [0.25, 0.3) is 10.0 Å². The minimum absolute atomic E-state index is 0.127. The molecule has 0 N–H and O–H groups in total. The van der Waals surface area contributed by atoms with Crippen LogP contribution in [-0.2, 0) is 27.8 Å². The number of thiazole rings is 1. The first-order valence-corrected chi connectivity index (χ1v) is 15.2. The highest BCUT2D eigenvalue weighted by molar-refractivity contribution is 7.91. The van der Waals surface area contributed by atoms with E-state index in [4.69, 9.17) is 16.6 Å². The lowest BCUT2D eigenvalue weighted by Crippen LogP contribution is -2.46. The number of carbonyl (C=O) groups excluding carboxylic acids is 1. The minimum Gasteiger partial charge on any atom is -0.283 e. The molecule has 36 heavy (non-hydrogen) atoms. The molecule has 1 aromatic carbocycles. The molecular formula is C25H25ClN4O3S3. The van der Waals surface area contributed by atoms with Crippen LogP contribution in [0.3, 0.4) is 0 Å². The fraction of sp³-hybridized carbons (Fsp3) is 0.320. The molecule has 1 aliphatic rings. The molecule has 0 radical (unpaired) electrons. The third-order valence-electron chi connectivity index (χ3n) is 6.29. The second kappa shape index (κ2) is 10.5. The SMILES string of the molecule is CCc1ccc2nc(N(Cc3cccnc3)C(=O)C3CCCN(S(=O)(=O)c4ccc(Cl)s4)C3)sc2c1. The smallest absolute Gasteiger partial charge is 0.252 e. The van der Waals surface area contributed by atoms with Gasteiger partial charge in [-0.25, -0.2) is 13.4 Å². The number of hydrogen-bond donors (Lipinski definition) is 0. The summed E-state index contributed by atoms with van der Waals surface area (Å²) in [6.07, 6.45) is 5.57. The third-order valence-corrected chi connectivity index (χ3v) is 10.9. The van der Waals surface area contributed by atoms with Crippen LogP contribution in [0.2, 0.25) is 4.34 Å². The summed E-state index contributed by atoms with van der Waals surface area (Å²) in [7, 11) is -3.71. The summed E-state index contributed by atoms with van der Waals surface area (Å²) in [6.45, 7) is 2.93. The highest BCUT2D eigenvalue weighted by Crippen LogP contribution is 2.34. The molecule has 4 aromatic rings. The number of aromatic nitrogens is 2. The standard InChI is InChI=1S/C25H25ClN4O3S3/c1-2-17-7-8-20-21(13-17)34-25(28-20)30(15-18-5-3-11-27-14-18)24(31)19-6-4-12-29(16-19)36(32,33)23-10-9-22(26)35-23/h3,5,7-11,13-14,19H,2,4,6,12,15-16H2,1H3. The molecule has 5 rings (SSSR count).